The molecule has 2 heterocycles. The summed E-state index contributed by atoms with van der Waals surface area (Å²) in [4.78, 5) is 17.7. The second-order valence-electron chi connectivity index (χ2n) is 3.26. The van der Waals surface area contributed by atoms with Crippen LogP contribution >= 0.6 is 54.5 Å². The van der Waals surface area contributed by atoms with Crippen LogP contribution in [-0.4, -0.2) is 10.9 Å². The number of carbonyl (C=O) groups is 1. The van der Waals surface area contributed by atoms with Crippen molar-refractivity contribution in [1.29, 1.82) is 0 Å². The molecule has 0 aromatic carbocycles. The summed E-state index contributed by atoms with van der Waals surface area (Å²) in [5.41, 5.74) is 0. The Morgan fingerprint density at radius 3 is 2.76 bits per heavy atom. The van der Waals surface area contributed by atoms with Crippen molar-refractivity contribution < 1.29 is 4.79 Å². The number of thiazole rings is 1. The summed E-state index contributed by atoms with van der Waals surface area (Å²) in [6.45, 7) is 2.47. The van der Waals surface area contributed by atoms with Gasteiger partial charge in [0.05, 0.1) is 20.2 Å². The standard InChI is InChI=1S/C10H8Br2N2OS2/c1-5-13-3-6(16-5)4-14-10(15)8-2-7(11)9(12)17-8/h2-3H,4H2,1H3,(H,14,15). The third-order valence-corrected chi connectivity index (χ3v) is 6.13. The van der Waals surface area contributed by atoms with Gasteiger partial charge in [0.25, 0.3) is 5.91 Å². The monoisotopic (exact) mass is 394 g/mol. The van der Waals surface area contributed by atoms with E-state index in [2.05, 4.69) is 42.2 Å². The predicted octanol–water partition coefficient (Wildman–Crippen LogP) is 3.97. The van der Waals surface area contributed by atoms with Gasteiger partial charge in [0.15, 0.2) is 0 Å². The second-order valence-corrected chi connectivity index (χ2v) is 7.80. The molecule has 0 fully saturated rings. The average Bonchev–Trinajstić information content (AvgIpc) is 2.83. The third-order valence-electron chi connectivity index (χ3n) is 1.96. The minimum atomic E-state index is -0.0625. The first-order valence-corrected chi connectivity index (χ1v) is 7.92. The van der Waals surface area contributed by atoms with Gasteiger partial charge in [0.1, 0.15) is 0 Å². The molecule has 0 aliphatic carbocycles. The van der Waals surface area contributed by atoms with Gasteiger partial charge in [-0.05, 0) is 44.8 Å². The Morgan fingerprint density at radius 1 is 1.47 bits per heavy atom. The van der Waals surface area contributed by atoms with Crippen LogP contribution in [0, 0.1) is 6.92 Å². The summed E-state index contributed by atoms with van der Waals surface area (Å²) < 4.78 is 1.83. The van der Waals surface area contributed by atoms with Crippen molar-refractivity contribution in [2.45, 2.75) is 13.5 Å². The molecule has 0 saturated heterocycles. The number of carbonyl (C=O) groups excluding carboxylic acids is 1. The zero-order chi connectivity index (χ0) is 12.4. The molecule has 1 amide bonds. The fourth-order valence-corrected chi connectivity index (χ4v) is 3.89. The molecule has 90 valence electrons. The molecule has 0 bridgehead atoms. The molecular weight excluding hydrogens is 388 g/mol. The molecule has 0 unspecified atom stereocenters. The molecule has 0 atom stereocenters. The van der Waals surface area contributed by atoms with E-state index in [0.29, 0.717) is 11.4 Å². The first kappa shape index (κ1) is 13.2. The number of hydrogen-bond acceptors (Lipinski definition) is 4. The van der Waals surface area contributed by atoms with Crippen molar-refractivity contribution in [2.75, 3.05) is 0 Å². The van der Waals surface area contributed by atoms with Crippen LogP contribution in [0.2, 0.25) is 0 Å². The maximum atomic E-state index is 11.8. The molecule has 0 aliphatic heterocycles. The van der Waals surface area contributed by atoms with Gasteiger partial charge in [0.2, 0.25) is 0 Å². The second kappa shape index (κ2) is 5.60. The molecule has 2 rings (SSSR count). The Hall–Kier alpha value is -0.240. The van der Waals surface area contributed by atoms with E-state index in [9.17, 15) is 4.79 Å². The predicted molar refractivity (Wildman–Crippen MR) is 77.7 cm³/mol. The van der Waals surface area contributed by atoms with Crippen LogP contribution in [0.4, 0.5) is 0 Å². The van der Waals surface area contributed by atoms with Gasteiger partial charge in [0, 0.05) is 15.5 Å². The van der Waals surface area contributed by atoms with E-state index < -0.39 is 0 Å². The number of hydrogen-bond donors (Lipinski definition) is 1. The van der Waals surface area contributed by atoms with Crippen LogP contribution < -0.4 is 5.32 Å². The molecular formula is C10H8Br2N2OS2. The maximum Gasteiger partial charge on any atom is 0.261 e. The number of amides is 1. The summed E-state index contributed by atoms with van der Waals surface area (Å²) in [5, 5.41) is 3.88. The van der Waals surface area contributed by atoms with Crippen LogP contribution in [0.3, 0.4) is 0 Å². The summed E-state index contributed by atoms with van der Waals surface area (Å²) in [5.74, 6) is -0.0625. The number of aryl methyl sites for hydroxylation is 1. The van der Waals surface area contributed by atoms with Gasteiger partial charge < -0.3 is 5.32 Å². The highest BCUT2D eigenvalue weighted by atomic mass is 79.9. The average molecular weight is 396 g/mol. The molecule has 3 nitrogen and oxygen atoms in total. The minimum Gasteiger partial charge on any atom is -0.346 e. The van der Waals surface area contributed by atoms with Gasteiger partial charge in [-0.3, -0.25) is 4.79 Å². The Labute approximate surface area is 124 Å². The lowest BCUT2D eigenvalue weighted by Gasteiger charge is -1.99. The van der Waals surface area contributed by atoms with E-state index in [1.165, 1.54) is 11.3 Å². The van der Waals surface area contributed by atoms with Crippen LogP contribution in [-0.2, 0) is 6.54 Å². The fraction of sp³-hybridized carbons (Fsp3) is 0.200. The molecule has 17 heavy (non-hydrogen) atoms. The molecule has 0 saturated carbocycles. The SMILES string of the molecule is Cc1ncc(CNC(=O)c2cc(Br)c(Br)s2)s1. The first-order valence-electron chi connectivity index (χ1n) is 4.70. The summed E-state index contributed by atoms with van der Waals surface area (Å²) in [6, 6.07) is 1.81. The van der Waals surface area contributed by atoms with E-state index in [4.69, 9.17) is 0 Å². The summed E-state index contributed by atoms with van der Waals surface area (Å²) in [6.07, 6.45) is 1.79. The number of nitrogens with zero attached hydrogens (tertiary/aromatic N) is 1. The molecule has 1 N–H and O–H groups in total. The zero-order valence-corrected chi connectivity index (χ0v) is 13.6. The molecule has 2 aromatic rings. The Balaban J connectivity index is 1.98. The number of rotatable bonds is 3. The van der Waals surface area contributed by atoms with Crippen molar-refractivity contribution >= 4 is 60.4 Å². The smallest absolute Gasteiger partial charge is 0.261 e. The zero-order valence-electron chi connectivity index (χ0n) is 8.79. The van der Waals surface area contributed by atoms with Gasteiger partial charge >= 0.3 is 0 Å². The Bertz CT molecular complexity index is 531. The lowest BCUT2D eigenvalue weighted by atomic mass is 10.4. The quantitative estimate of drug-likeness (QED) is 0.854. The number of thiophene rings is 1. The Kier molecular flexibility index (Phi) is 4.35. The lowest BCUT2D eigenvalue weighted by molar-refractivity contribution is 0.0955. The van der Waals surface area contributed by atoms with Crippen LogP contribution in [0.25, 0.3) is 0 Å². The van der Waals surface area contributed by atoms with Gasteiger partial charge in [-0.25, -0.2) is 4.98 Å². The van der Waals surface area contributed by atoms with Crippen molar-refractivity contribution in [3.05, 3.63) is 35.3 Å². The normalized spacial score (nSPS) is 10.5. The third kappa shape index (κ3) is 3.37. The fourth-order valence-electron chi connectivity index (χ4n) is 1.20. The van der Waals surface area contributed by atoms with Crippen molar-refractivity contribution in [3.8, 4) is 0 Å². The maximum absolute atomic E-state index is 11.8. The number of halogens is 2. The first-order chi connectivity index (χ1) is 8.06. The van der Waals surface area contributed by atoms with Crippen LogP contribution in [0.5, 0.6) is 0 Å². The highest BCUT2D eigenvalue weighted by molar-refractivity contribution is 9.13. The minimum absolute atomic E-state index is 0.0625. The molecule has 0 spiro atoms. The molecule has 0 radical (unpaired) electrons. The topological polar surface area (TPSA) is 42.0 Å². The van der Waals surface area contributed by atoms with E-state index >= 15 is 0 Å². The number of nitrogens with one attached hydrogen (secondary N) is 1. The van der Waals surface area contributed by atoms with E-state index in [0.717, 1.165) is 18.1 Å². The number of aromatic nitrogens is 1. The van der Waals surface area contributed by atoms with E-state index in [1.807, 2.05) is 13.0 Å². The van der Waals surface area contributed by atoms with Gasteiger partial charge in [-0.2, -0.15) is 0 Å². The van der Waals surface area contributed by atoms with Crippen molar-refractivity contribution in [2.24, 2.45) is 0 Å². The van der Waals surface area contributed by atoms with Crippen molar-refractivity contribution in [3.63, 3.8) is 0 Å². The van der Waals surface area contributed by atoms with E-state index in [-0.39, 0.29) is 5.91 Å². The van der Waals surface area contributed by atoms with Crippen LogP contribution in [0.1, 0.15) is 19.6 Å². The molecule has 7 heteroatoms. The van der Waals surface area contributed by atoms with Crippen molar-refractivity contribution in [1.82, 2.24) is 10.3 Å². The molecule has 2 aromatic heterocycles. The molecule has 0 aliphatic rings. The highest BCUT2D eigenvalue weighted by Crippen LogP contribution is 2.32. The van der Waals surface area contributed by atoms with E-state index in [1.54, 1.807) is 17.5 Å². The largest absolute Gasteiger partial charge is 0.346 e. The Morgan fingerprint density at radius 2 is 2.24 bits per heavy atom. The summed E-state index contributed by atoms with van der Waals surface area (Å²) in [7, 11) is 0. The van der Waals surface area contributed by atoms with Gasteiger partial charge in [-0.15, -0.1) is 22.7 Å². The highest BCUT2D eigenvalue weighted by Gasteiger charge is 2.11. The van der Waals surface area contributed by atoms with Gasteiger partial charge in [-0.1, -0.05) is 0 Å². The lowest BCUT2D eigenvalue weighted by Crippen LogP contribution is -2.21. The van der Waals surface area contributed by atoms with Crippen LogP contribution in [0.15, 0.2) is 20.5 Å². The summed E-state index contributed by atoms with van der Waals surface area (Å²) >= 11 is 9.73.